The minimum Gasteiger partial charge on any atom is -0.341 e. The first-order chi connectivity index (χ1) is 7.42. The molecule has 94 valence electrons. The number of rotatable bonds is 3. The molecule has 1 unspecified atom stereocenters. The first kappa shape index (κ1) is 13.5. The highest BCUT2D eigenvalue weighted by atomic mass is 16.2. The van der Waals surface area contributed by atoms with E-state index < -0.39 is 0 Å². The van der Waals surface area contributed by atoms with Gasteiger partial charge in [0.25, 0.3) is 0 Å². The van der Waals surface area contributed by atoms with E-state index in [1.807, 2.05) is 11.9 Å². The van der Waals surface area contributed by atoms with Crippen LogP contribution in [0.15, 0.2) is 0 Å². The Morgan fingerprint density at radius 1 is 1.44 bits per heavy atom. The Morgan fingerprint density at radius 3 is 2.69 bits per heavy atom. The quantitative estimate of drug-likeness (QED) is 0.798. The van der Waals surface area contributed by atoms with Crippen LogP contribution in [0.25, 0.3) is 0 Å². The van der Waals surface area contributed by atoms with Gasteiger partial charge in [0.2, 0.25) is 5.91 Å². The maximum absolute atomic E-state index is 12.0. The smallest absolute Gasteiger partial charge is 0.222 e. The van der Waals surface area contributed by atoms with Gasteiger partial charge in [-0.15, -0.1) is 0 Å². The molecule has 0 saturated carbocycles. The second-order valence-corrected chi connectivity index (χ2v) is 6.03. The van der Waals surface area contributed by atoms with Crippen molar-refractivity contribution in [2.24, 2.45) is 5.41 Å². The zero-order valence-electron chi connectivity index (χ0n) is 11.2. The summed E-state index contributed by atoms with van der Waals surface area (Å²) in [6, 6.07) is 0.493. The van der Waals surface area contributed by atoms with E-state index in [9.17, 15) is 4.79 Å². The van der Waals surface area contributed by atoms with E-state index in [2.05, 4.69) is 26.1 Å². The topological polar surface area (TPSA) is 32.3 Å². The molecular formula is C13H26N2O. The van der Waals surface area contributed by atoms with Crippen molar-refractivity contribution >= 4 is 5.91 Å². The van der Waals surface area contributed by atoms with E-state index in [1.165, 1.54) is 6.42 Å². The van der Waals surface area contributed by atoms with Gasteiger partial charge in [-0.05, 0) is 31.7 Å². The lowest BCUT2D eigenvalue weighted by molar-refractivity contribution is -0.133. The molecule has 0 bridgehead atoms. The van der Waals surface area contributed by atoms with Crippen LogP contribution >= 0.6 is 0 Å². The lowest BCUT2D eigenvalue weighted by Crippen LogP contribution is -2.47. The second kappa shape index (κ2) is 5.67. The maximum Gasteiger partial charge on any atom is 0.222 e. The zero-order chi connectivity index (χ0) is 12.2. The number of amides is 1. The number of carbonyl (C=O) groups excluding carboxylic acids is 1. The van der Waals surface area contributed by atoms with Crippen molar-refractivity contribution < 1.29 is 4.79 Å². The first-order valence-corrected chi connectivity index (χ1v) is 6.37. The highest BCUT2D eigenvalue weighted by Crippen LogP contribution is 2.22. The van der Waals surface area contributed by atoms with Gasteiger partial charge in [0, 0.05) is 25.6 Å². The average molecular weight is 226 g/mol. The monoisotopic (exact) mass is 226 g/mol. The Balaban J connectivity index is 2.36. The average Bonchev–Trinajstić information content (AvgIpc) is 2.25. The summed E-state index contributed by atoms with van der Waals surface area (Å²) in [4.78, 5) is 14.0. The van der Waals surface area contributed by atoms with Crippen LogP contribution in [0.1, 0.15) is 46.5 Å². The molecule has 3 heteroatoms. The van der Waals surface area contributed by atoms with Crippen molar-refractivity contribution in [1.82, 2.24) is 10.2 Å². The van der Waals surface area contributed by atoms with Gasteiger partial charge in [0.05, 0.1) is 0 Å². The van der Waals surface area contributed by atoms with Gasteiger partial charge in [-0.1, -0.05) is 20.8 Å². The van der Waals surface area contributed by atoms with Crippen LogP contribution in [0.2, 0.25) is 0 Å². The van der Waals surface area contributed by atoms with Crippen LogP contribution in [0.4, 0.5) is 0 Å². The van der Waals surface area contributed by atoms with E-state index >= 15 is 0 Å². The molecule has 1 aliphatic rings. The van der Waals surface area contributed by atoms with E-state index in [0.29, 0.717) is 18.4 Å². The van der Waals surface area contributed by atoms with Gasteiger partial charge in [0.1, 0.15) is 0 Å². The van der Waals surface area contributed by atoms with Crippen molar-refractivity contribution in [1.29, 1.82) is 0 Å². The number of piperidine rings is 1. The molecule has 1 fully saturated rings. The van der Waals surface area contributed by atoms with Gasteiger partial charge >= 0.3 is 0 Å². The SMILES string of the molecule is CNC1CCCN(C(=O)CCC(C)(C)C)C1. The van der Waals surface area contributed by atoms with E-state index in [-0.39, 0.29) is 5.41 Å². The Morgan fingerprint density at radius 2 is 2.12 bits per heavy atom. The highest BCUT2D eigenvalue weighted by molar-refractivity contribution is 5.76. The Bertz CT molecular complexity index is 233. The third kappa shape index (κ3) is 4.52. The van der Waals surface area contributed by atoms with Crippen LogP contribution in [-0.2, 0) is 4.79 Å². The fraction of sp³-hybridized carbons (Fsp3) is 0.923. The van der Waals surface area contributed by atoms with Gasteiger partial charge < -0.3 is 10.2 Å². The van der Waals surface area contributed by atoms with Gasteiger partial charge in [-0.2, -0.15) is 0 Å². The summed E-state index contributed by atoms with van der Waals surface area (Å²) in [5, 5.41) is 3.27. The van der Waals surface area contributed by atoms with Crippen LogP contribution in [0.5, 0.6) is 0 Å². The summed E-state index contributed by atoms with van der Waals surface area (Å²) in [7, 11) is 1.98. The maximum atomic E-state index is 12.0. The molecule has 1 aliphatic heterocycles. The molecule has 1 heterocycles. The van der Waals surface area contributed by atoms with Crippen molar-refractivity contribution in [3.05, 3.63) is 0 Å². The van der Waals surface area contributed by atoms with E-state index in [0.717, 1.165) is 25.9 Å². The normalized spacial score (nSPS) is 22.2. The second-order valence-electron chi connectivity index (χ2n) is 6.03. The Hall–Kier alpha value is -0.570. The van der Waals surface area contributed by atoms with Crippen LogP contribution < -0.4 is 5.32 Å². The summed E-state index contributed by atoms with van der Waals surface area (Å²) in [6.07, 6.45) is 4.00. The van der Waals surface area contributed by atoms with Gasteiger partial charge in [-0.25, -0.2) is 0 Å². The number of likely N-dealkylation sites (N-methyl/N-ethyl adjacent to an activating group) is 1. The molecule has 16 heavy (non-hydrogen) atoms. The molecule has 3 nitrogen and oxygen atoms in total. The molecule has 0 aromatic carbocycles. The molecule has 0 aromatic heterocycles. The van der Waals surface area contributed by atoms with Crippen molar-refractivity contribution in [3.63, 3.8) is 0 Å². The number of likely N-dealkylation sites (tertiary alicyclic amines) is 1. The molecule has 0 spiro atoms. The predicted octanol–water partition coefficient (Wildman–Crippen LogP) is 2.02. The van der Waals surface area contributed by atoms with Crippen LogP contribution in [0.3, 0.4) is 0 Å². The molecule has 1 saturated heterocycles. The number of hydrogen-bond acceptors (Lipinski definition) is 2. The molecule has 1 N–H and O–H groups in total. The minimum absolute atomic E-state index is 0.258. The summed E-state index contributed by atoms with van der Waals surface area (Å²) >= 11 is 0. The molecule has 0 aromatic rings. The van der Waals surface area contributed by atoms with Crippen molar-refractivity contribution in [2.45, 2.75) is 52.5 Å². The molecule has 1 amide bonds. The Labute approximate surface area is 99.6 Å². The van der Waals surface area contributed by atoms with Crippen LogP contribution in [0, 0.1) is 5.41 Å². The zero-order valence-corrected chi connectivity index (χ0v) is 11.2. The Kier molecular flexibility index (Phi) is 4.78. The number of hydrogen-bond donors (Lipinski definition) is 1. The third-order valence-electron chi connectivity index (χ3n) is 3.27. The number of nitrogens with zero attached hydrogens (tertiary/aromatic N) is 1. The van der Waals surface area contributed by atoms with E-state index in [1.54, 1.807) is 0 Å². The van der Waals surface area contributed by atoms with Crippen molar-refractivity contribution in [2.75, 3.05) is 20.1 Å². The van der Waals surface area contributed by atoms with E-state index in [4.69, 9.17) is 0 Å². The molecule has 0 radical (unpaired) electrons. The third-order valence-corrected chi connectivity index (χ3v) is 3.27. The largest absolute Gasteiger partial charge is 0.341 e. The molecular weight excluding hydrogens is 200 g/mol. The summed E-state index contributed by atoms with van der Waals surface area (Å²) in [5.74, 6) is 0.329. The fourth-order valence-electron chi connectivity index (χ4n) is 2.08. The highest BCUT2D eigenvalue weighted by Gasteiger charge is 2.23. The summed E-state index contributed by atoms with van der Waals surface area (Å²) < 4.78 is 0. The molecule has 0 aliphatic carbocycles. The van der Waals surface area contributed by atoms with Gasteiger partial charge in [-0.3, -0.25) is 4.79 Å². The predicted molar refractivity (Wildman–Crippen MR) is 67.4 cm³/mol. The standard InChI is InChI=1S/C13H26N2O/c1-13(2,3)8-7-12(16)15-9-5-6-11(10-15)14-4/h11,14H,5-10H2,1-4H3. The summed E-state index contributed by atoms with van der Waals surface area (Å²) in [5.41, 5.74) is 0.258. The van der Waals surface area contributed by atoms with Crippen LogP contribution in [-0.4, -0.2) is 37.0 Å². The number of carbonyl (C=O) groups is 1. The number of nitrogens with one attached hydrogen (secondary N) is 1. The molecule has 1 rings (SSSR count). The lowest BCUT2D eigenvalue weighted by Gasteiger charge is -2.33. The minimum atomic E-state index is 0.258. The van der Waals surface area contributed by atoms with Crippen molar-refractivity contribution in [3.8, 4) is 0 Å². The first-order valence-electron chi connectivity index (χ1n) is 6.37. The summed E-state index contributed by atoms with van der Waals surface area (Å²) in [6.45, 7) is 8.40. The molecule has 1 atom stereocenters. The van der Waals surface area contributed by atoms with Gasteiger partial charge in [0.15, 0.2) is 0 Å². The fourth-order valence-corrected chi connectivity index (χ4v) is 2.08. The lowest BCUT2D eigenvalue weighted by atomic mass is 9.90.